The van der Waals surface area contributed by atoms with E-state index in [9.17, 15) is 13.9 Å². The number of nitrogens with one attached hydrogen (secondary N) is 1. The number of nitrogens with zero attached hydrogens (tertiary/aromatic N) is 3. The second-order valence-electron chi connectivity index (χ2n) is 8.54. The first-order valence-electron chi connectivity index (χ1n) is 11.1. The van der Waals surface area contributed by atoms with Gasteiger partial charge >= 0.3 is 0 Å². The number of morpholine rings is 1. The highest BCUT2D eigenvalue weighted by atomic mass is 19.2. The average molecular weight is 440 g/mol. The third-order valence-electron chi connectivity index (χ3n) is 6.58. The molecule has 0 unspecified atom stereocenters. The number of aromatic nitrogens is 2. The van der Waals surface area contributed by atoms with Crippen LogP contribution in [0.2, 0.25) is 0 Å². The van der Waals surface area contributed by atoms with E-state index in [-0.39, 0.29) is 0 Å². The highest BCUT2D eigenvalue weighted by Gasteiger charge is 2.27. The molecule has 3 aromatic rings. The first kappa shape index (κ1) is 21.0. The number of ether oxygens (including phenoxy) is 1. The summed E-state index contributed by atoms with van der Waals surface area (Å²) in [5, 5.41) is 14.1. The predicted molar refractivity (Wildman–Crippen MR) is 119 cm³/mol. The van der Waals surface area contributed by atoms with E-state index < -0.39 is 17.4 Å². The van der Waals surface area contributed by atoms with Crippen molar-refractivity contribution in [3.8, 4) is 16.9 Å². The molecule has 0 amide bonds. The maximum Gasteiger partial charge on any atom is 0.200 e. The number of fused-ring (bicyclic) bond motifs is 1. The Labute approximate surface area is 185 Å². The Kier molecular flexibility index (Phi) is 5.89. The van der Waals surface area contributed by atoms with Gasteiger partial charge in [0.1, 0.15) is 12.1 Å². The zero-order valence-corrected chi connectivity index (χ0v) is 17.7. The molecule has 2 aromatic carbocycles. The van der Waals surface area contributed by atoms with Gasteiger partial charge in [0.25, 0.3) is 0 Å². The molecule has 1 aliphatic heterocycles. The number of hydrogen-bond acceptors (Lipinski definition) is 6. The molecule has 0 spiro atoms. The molecule has 1 saturated heterocycles. The molecule has 0 bridgehead atoms. The summed E-state index contributed by atoms with van der Waals surface area (Å²) >= 11 is 0. The quantitative estimate of drug-likeness (QED) is 0.629. The van der Waals surface area contributed by atoms with E-state index in [1.807, 2.05) is 12.1 Å². The summed E-state index contributed by atoms with van der Waals surface area (Å²) in [5.74, 6) is -2.30. The first-order valence-corrected chi connectivity index (χ1v) is 11.1. The fraction of sp³-hybridized carbons (Fsp3) is 0.417. The minimum Gasteiger partial charge on any atom is -0.505 e. The van der Waals surface area contributed by atoms with Crippen LogP contribution in [0.15, 0.2) is 36.7 Å². The Balaban J connectivity index is 1.35. The molecular formula is C24H26F2N4O2. The molecule has 1 aromatic heterocycles. The van der Waals surface area contributed by atoms with Gasteiger partial charge in [0.15, 0.2) is 17.4 Å². The van der Waals surface area contributed by atoms with Gasteiger partial charge in [0.05, 0.1) is 18.7 Å². The largest absolute Gasteiger partial charge is 0.505 e. The summed E-state index contributed by atoms with van der Waals surface area (Å²) in [5.41, 5.74) is 1.81. The van der Waals surface area contributed by atoms with Gasteiger partial charge in [-0.15, -0.1) is 0 Å². The number of halogens is 2. The molecule has 32 heavy (non-hydrogen) atoms. The van der Waals surface area contributed by atoms with Crippen molar-refractivity contribution in [1.29, 1.82) is 0 Å². The van der Waals surface area contributed by atoms with Crippen molar-refractivity contribution in [2.45, 2.75) is 37.8 Å². The van der Waals surface area contributed by atoms with Gasteiger partial charge in [-0.3, -0.25) is 4.90 Å². The van der Waals surface area contributed by atoms with Gasteiger partial charge in [-0.05, 0) is 61.1 Å². The molecule has 1 aliphatic carbocycles. The van der Waals surface area contributed by atoms with Crippen molar-refractivity contribution in [2.75, 3.05) is 31.6 Å². The molecule has 2 heterocycles. The molecule has 0 atom stereocenters. The number of aromatic hydroxyl groups is 1. The lowest BCUT2D eigenvalue weighted by atomic mass is 9.90. The van der Waals surface area contributed by atoms with Crippen LogP contribution in [0, 0.1) is 11.6 Å². The minimum atomic E-state index is -1.24. The number of benzene rings is 2. The van der Waals surface area contributed by atoms with E-state index in [0.29, 0.717) is 23.2 Å². The van der Waals surface area contributed by atoms with Crippen LogP contribution in [0.4, 0.5) is 14.6 Å². The average Bonchev–Trinajstić information content (AvgIpc) is 2.83. The highest BCUT2D eigenvalue weighted by Crippen LogP contribution is 2.32. The van der Waals surface area contributed by atoms with E-state index in [2.05, 4.69) is 20.2 Å². The van der Waals surface area contributed by atoms with Gasteiger partial charge < -0.3 is 15.2 Å². The summed E-state index contributed by atoms with van der Waals surface area (Å²) < 4.78 is 32.8. The zero-order chi connectivity index (χ0) is 22.1. The molecule has 1 saturated carbocycles. The van der Waals surface area contributed by atoms with E-state index in [4.69, 9.17) is 4.74 Å². The van der Waals surface area contributed by atoms with Crippen LogP contribution < -0.4 is 5.32 Å². The summed E-state index contributed by atoms with van der Waals surface area (Å²) in [7, 11) is 0. The Hall–Kier alpha value is -2.84. The first-order chi connectivity index (χ1) is 15.6. The summed E-state index contributed by atoms with van der Waals surface area (Å²) in [4.78, 5) is 11.3. The third kappa shape index (κ3) is 4.25. The SMILES string of the molecule is Oc1cc(-c2ccc3ncnc(NC4CCC(N5CCOCC5)CC4)c3c2)cc(F)c1F. The second kappa shape index (κ2) is 8.96. The highest BCUT2D eigenvalue weighted by molar-refractivity contribution is 5.92. The number of phenolic OH excluding ortho intramolecular Hbond substituents is 1. The maximum atomic E-state index is 13.8. The fourth-order valence-electron chi connectivity index (χ4n) is 4.81. The van der Waals surface area contributed by atoms with Crippen molar-refractivity contribution < 1.29 is 18.6 Å². The zero-order valence-electron chi connectivity index (χ0n) is 17.7. The number of rotatable bonds is 4. The number of phenols is 1. The molecule has 2 N–H and O–H groups in total. The summed E-state index contributed by atoms with van der Waals surface area (Å²) in [6.07, 6.45) is 5.93. The van der Waals surface area contributed by atoms with Gasteiger partial charge in [0.2, 0.25) is 0 Å². The Morgan fingerprint density at radius 3 is 2.50 bits per heavy atom. The summed E-state index contributed by atoms with van der Waals surface area (Å²) in [6.45, 7) is 3.68. The van der Waals surface area contributed by atoms with Gasteiger partial charge in [-0.2, -0.15) is 4.39 Å². The standard InChI is InChI=1S/C24H26F2N4O2/c25-20-12-16(13-22(31)23(20)26)15-1-6-21-19(11-15)24(28-14-27-21)29-17-2-4-18(5-3-17)30-7-9-32-10-8-30/h1,6,11-14,17-18,31H,2-5,7-10H2,(H,27,28,29). The molecule has 6 nitrogen and oxygen atoms in total. The number of anilines is 1. The van der Waals surface area contributed by atoms with E-state index in [0.717, 1.165) is 74.8 Å². The van der Waals surface area contributed by atoms with Crippen LogP contribution in [0.25, 0.3) is 22.0 Å². The van der Waals surface area contributed by atoms with Gasteiger partial charge in [-0.25, -0.2) is 14.4 Å². The normalized spacial score (nSPS) is 22.2. The van der Waals surface area contributed by atoms with E-state index in [1.54, 1.807) is 6.07 Å². The Morgan fingerprint density at radius 2 is 1.75 bits per heavy atom. The number of hydrogen-bond donors (Lipinski definition) is 2. The van der Waals surface area contributed by atoms with Crippen LogP contribution in [0.3, 0.4) is 0 Å². The lowest BCUT2D eigenvalue weighted by Crippen LogP contribution is -2.46. The Morgan fingerprint density at radius 1 is 0.969 bits per heavy atom. The lowest BCUT2D eigenvalue weighted by Gasteiger charge is -2.39. The predicted octanol–water partition coefficient (Wildman–Crippen LogP) is 4.34. The van der Waals surface area contributed by atoms with Crippen molar-refractivity contribution in [3.05, 3.63) is 48.3 Å². The maximum absolute atomic E-state index is 13.8. The minimum absolute atomic E-state index is 0.321. The Bertz CT molecular complexity index is 1090. The summed E-state index contributed by atoms with van der Waals surface area (Å²) in [6, 6.07) is 8.70. The van der Waals surface area contributed by atoms with Crippen molar-refractivity contribution in [1.82, 2.24) is 14.9 Å². The van der Waals surface area contributed by atoms with Crippen LogP contribution in [-0.4, -0.2) is 58.4 Å². The second-order valence-corrected chi connectivity index (χ2v) is 8.54. The molecule has 5 rings (SSSR count). The van der Waals surface area contributed by atoms with E-state index >= 15 is 0 Å². The van der Waals surface area contributed by atoms with Crippen LogP contribution in [0.1, 0.15) is 25.7 Å². The molecule has 2 aliphatic rings. The van der Waals surface area contributed by atoms with Crippen LogP contribution in [0.5, 0.6) is 5.75 Å². The lowest BCUT2D eigenvalue weighted by molar-refractivity contribution is 0.00791. The van der Waals surface area contributed by atoms with Crippen molar-refractivity contribution >= 4 is 16.7 Å². The van der Waals surface area contributed by atoms with E-state index in [1.165, 1.54) is 12.4 Å². The van der Waals surface area contributed by atoms with Crippen molar-refractivity contribution in [2.24, 2.45) is 0 Å². The van der Waals surface area contributed by atoms with Crippen molar-refractivity contribution in [3.63, 3.8) is 0 Å². The smallest absolute Gasteiger partial charge is 0.200 e. The third-order valence-corrected chi connectivity index (χ3v) is 6.58. The molecule has 8 heteroatoms. The van der Waals surface area contributed by atoms with Crippen LogP contribution in [-0.2, 0) is 4.74 Å². The van der Waals surface area contributed by atoms with Gasteiger partial charge in [-0.1, -0.05) is 6.07 Å². The topological polar surface area (TPSA) is 70.5 Å². The molecule has 168 valence electrons. The molecular weight excluding hydrogens is 414 g/mol. The monoisotopic (exact) mass is 440 g/mol. The fourth-order valence-corrected chi connectivity index (χ4v) is 4.81. The van der Waals surface area contributed by atoms with Crippen LogP contribution >= 0.6 is 0 Å². The molecule has 2 fully saturated rings. The molecule has 0 radical (unpaired) electrons. The van der Waals surface area contributed by atoms with Gasteiger partial charge in [0, 0.05) is 30.6 Å².